The summed E-state index contributed by atoms with van der Waals surface area (Å²) < 4.78 is 7.19. The molecule has 4 rings (SSSR count). The van der Waals surface area contributed by atoms with Crippen LogP contribution in [-0.4, -0.2) is 15.5 Å². The van der Waals surface area contributed by atoms with Crippen LogP contribution in [0.1, 0.15) is 23.7 Å². The number of aromatic nitrogens is 2. The number of carbonyl (C=O) groups excluding carboxylic acids is 1. The molecule has 0 unspecified atom stereocenters. The number of fused-ring (bicyclic) bond motifs is 2. The third kappa shape index (κ3) is 2.75. The van der Waals surface area contributed by atoms with Gasteiger partial charge in [0.15, 0.2) is 0 Å². The van der Waals surface area contributed by atoms with Crippen LogP contribution in [0.15, 0.2) is 63.8 Å². The molecule has 0 fully saturated rings. The first kappa shape index (κ1) is 16.1. The molecule has 1 amide bonds. The zero-order valence-corrected chi connectivity index (χ0v) is 14.2. The lowest BCUT2D eigenvalue weighted by Gasteiger charge is -2.08. The number of hydrogen-bond donors (Lipinski definition) is 1. The average Bonchev–Trinajstić information content (AvgIpc) is 2.99. The second-order valence-electron chi connectivity index (χ2n) is 6.02. The van der Waals surface area contributed by atoms with Crippen LogP contribution >= 0.6 is 0 Å². The Bertz CT molecular complexity index is 1170. The van der Waals surface area contributed by atoms with Crippen molar-refractivity contribution >= 4 is 33.9 Å². The number of para-hydroxylation sites is 3. The van der Waals surface area contributed by atoms with E-state index in [-0.39, 0.29) is 5.56 Å². The lowest BCUT2D eigenvalue weighted by atomic mass is 10.2. The highest BCUT2D eigenvalue weighted by atomic mass is 16.4. The summed E-state index contributed by atoms with van der Waals surface area (Å²) in [5.41, 5.74) is 1.47. The highest BCUT2D eigenvalue weighted by Crippen LogP contribution is 2.21. The molecule has 0 saturated heterocycles. The van der Waals surface area contributed by atoms with Gasteiger partial charge in [-0.1, -0.05) is 37.3 Å². The minimum Gasteiger partial charge on any atom is -0.422 e. The Kier molecular flexibility index (Phi) is 4.01. The van der Waals surface area contributed by atoms with Crippen molar-refractivity contribution in [1.29, 1.82) is 0 Å². The summed E-state index contributed by atoms with van der Waals surface area (Å²) in [4.78, 5) is 29.4. The van der Waals surface area contributed by atoms with Crippen molar-refractivity contribution in [2.24, 2.45) is 0 Å². The van der Waals surface area contributed by atoms with E-state index in [1.54, 1.807) is 24.3 Å². The topological polar surface area (TPSA) is 77.1 Å². The van der Waals surface area contributed by atoms with Crippen molar-refractivity contribution in [3.05, 3.63) is 70.6 Å². The van der Waals surface area contributed by atoms with Gasteiger partial charge in [-0.25, -0.2) is 9.78 Å². The number of anilines is 1. The van der Waals surface area contributed by atoms with Crippen molar-refractivity contribution in [2.45, 2.75) is 19.9 Å². The molecule has 2 aromatic carbocycles. The van der Waals surface area contributed by atoms with Crippen LogP contribution in [0.4, 0.5) is 5.95 Å². The van der Waals surface area contributed by atoms with E-state index in [1.807, 2.05) is 34.9 Å². The fourth-order valence-electron chi connectivity index (χ4n) is 3.01. The van der Waals surface area contributed by atoms with Crippen LogP contribution in [0.25, 0.3) is 22.0 Å². The zero-order valence-electron chi connectivity index (χ0n) is 14.2. The van der Waals surface area contributed by atoms with Gasteiger partial charge in [0.2, 0.25) is 5.95 Å². The van der Waals surface area contributed by atoms with Crippen molar-refractivity contribution < 1.29 is 9.21 Å². The molecule has 4 aromatic rings. The maximum absolute atomic E-state index is 12.7. The molecule has 0 aliphatic carbocycles. The first-order chi connectivity index (χ1) is 12.7. The van der Waals surface area contributed by atoms with Crippen LogP contribution < -0.4 is 10.9 Å². The van der Waals surface area contributed by atoms with Crippen molar-refractivity contribution in [3.8, 4) is 0 Å². The van der Waals surface area contributed by atoms with E-state index in [1.165, 1.54) is 0 Å². The van der Waals surface area contributed by atoms with Gasteiger partial charge >= 0.3 is 5.63 Å². The Morgan fingerprint density at radius 3 is 2.77 bits per heavy atom. The molecule has 1 N–H and O–H groups in total. The number of imidazole rings is 1. The summed E-state index contributed by atoms with van der Waals surface area (Å²) in [6, 6.07) is 16.3. The maximum Gasteiger partial charge on any atom is 0.349 e. The monoisotopic (exact) mass is 347 g/mol. The number of carbonyl (C=O) groups is 1. The molecular weight excluding hydrogens is 330 g/mol. The van der Waals surface area contributed by atoms with Gasteiger partial charge < -0.3 is 8.98 Å². The van der Waals surface area contributed by atoms with Gasteiger partial charge in [0, 0.05) is 11.9 Å². The van der Waals surface area contributed by atoms with Crippen LogP contribution in [0.5, 0.6) is 0 Å². The van der Waals surface area contributed by atoms with E-state index in [9.17, 15) is 9.59 Å². The van der Waals surface area contributed by atoms with E-state index >= 15 is 0 Å². The van der Waals surface area contributed by atoms with Gasteiger partial charge in [-0.3, -0.25) is 10.1 Å². The number of aryl methyl sites for hydroxylation is 1. The molecular formula is C20H17N3O3. The van der Waals surface area contributed by atoms with Crippen molar-refractivity contribution in [2.75, 3.05) is 5.32 Å². The quantitative estimate of drug-likeness (QED) is 0.570. The SMILES string of the molecule is CCCn1c(NC(=O)c2cc3ccccc3oc2=O)nc2ccccc21. The zero-order chi connectivity index (χ0) is 18.1. The third-order valence-electron chi connectivity index (χ3n) is 4.21. The molecule has 130 valence electrons. The fourth-order valence-corrected chi connectivity index (χ4v) is 3.01. The first-order valence-electron chi connectivity index (χ1n) is 8.47. The van der Waals surface area contributed by atoms with E-state index in [4.69, 9.17) is 4.42 Å². The van der Waals surface area contributed by atoms with Crippen LogP contribution in [0.2, 0.25) is 0 Å². The predicted octanol–water partition coefficient (Wildman–Crippen LogP) is 3.81. The Labute approximate surface area is 149 Å². The number of nitrogens with zero attached hydrogens (tertiary/aromatic N) is 2. The molecule has 6 nitrogen and oxygen atoms in total. The number of rotatable bonds is 4. The van der Waals surface area contributed by atoms with E-state index in [0.29, 0.717) is 23.5 Å². The normalized spacial score (nSPS) is 11.1. The second kappa shape index (κ2) is 6.48. The predicted molar refractivity (Wildman–Crippen MR) is 100 cm³/mol. The molecule has 0 aliphatic rings. The lowest BCUT2D eigenvalue weighted by Crippen LogP contribution is -2.22. The maximum atomic E-state index is 12.7. The highest BCUT2D eigenvalue weighted by molar-refractivity contribution is 6.05. The van der Waals surface area contributed by atoms with Crippen LogP contribution in [0, 0.1) is 0 Å². The molecule has 6 heteroatoms. The van der Waals surface area contributed by atoms with Gasteiger partial charge in [0.25, 0.3) is 5.91 Å². The van der Waals surface area contributed by atoms with Crippen LogP contribution in [0.3, 0.4) is 0 Å². The third-order valence-corrected chi connectivity index (χ3v) is 4.21. The van der Waals surface area contributed by atoms with Gasteiger partial charge in [-0.2, -0.15) is 0 Å². The number of amides is 1. The second-order valence-corrected chi connectivity index (χ2v) is 6.02. The highest BCUT2D eigenvalue weighted by Gasteiger charge is 2.17. The van der Waals surface area contributed by atoms with E-state index in [2.05, 4.69) is 17.2 Å². The molecule has 26 heavy (non-hydrogen) atoms. The summed E-state index contributed by atoms with van der Waals surface area (Å²) in [7, 11) is 0. The lowest BCUT2D eigenvalue weighted by molar-refractivity contribution is 0.102. The largest absolute Gasteiger partial charge is 0.422 e. The van der Waals surface area contributed by atoms with Crippen molar-refractivity contribution in [3.63, 3.8) is 0 Å². The summed E-state index contributed by atoms with van der Waals surface area (Å²) in [6.45, 7) is 2.76. The summed E-state index contributed by atoms with van der Waals surface area (Å²) in [6.07, 6.45) is 0.890. The smallest absolute Gasteiger partial charge is 0.349 e. The van der Waals surface area contributed by atoms with Gasteiger partial charge in [-0.05, 0) is 30.7 Å². The van der Waals surface area contributed by atoms with Crippen molar-refractivity contribution in [1.82, 2.24) is 9.55 Å². The Balaban J connectivity index is 1.75. The fraction of sp³-hybridized carbons (Fsp3) is 0.150. The molecule has 0 radical (unpaired) electrons. The standard InChI is InChI=1S/C20H17N3O3/c1-2-11-23-16-9-5-4-8-15(16)21-20(23)22-18(24)14-12-13-7-3-6-10-17(13)26-19(14)25/h3-10,12H,2,11H2,1H3,(H,21,22,24). The molecule has 2 aromatic heterocycles. The molecule has 0 atom stereocenters. The minimum absolute atomic E-state index is 0.0428. The van der Waals surface area contributed by atoms with Gasteiger partial charge in [0.05, 0.1) is 11.0 Å². The first-order valence-corrected chi connectivity index (χ1v) is 8.47. The number of benzene rings is 2. The average molecular weight is 347 g/mol. The Morgan fingerprint density at radius 2 is 1.92 bits per heavy atom. The number of nitrogens with one attached hydrogen (secondary N) is 1. The molecule has 0 saturated carbocycles. The minimum atomic E-state index is -0.667. The van der Waals surface area contributed by atoms with E-state index < -0.39 is 11.5 Å². The molecule has 0 spiro atoms. The molecule has 0 bridgehead atoms. The van der Waals surface area contributed by atoms with Gasteiger partial charge in [-0.15, -0.1) is 0 Å². The summed E-state index contributed by atoms with van der Waals surface area (Å²) >= 11 is 0. The van der Waals surface area contributed by atoms with Gasteiger partial charge in [0.1, 0.15) is 11.1 Å². The molecule has 0 aliphatic heterocycles. The van der Waals surface area contributed by atoms with E-state index in [0.717, 1.165) is 17.5 Å². The Hall–Kier alpha value is -3.41. The summed E-state index contributed by atoms with van der Waals surface area (Å²) in [5.74, 6) is -0.109. The summed E-state index contributed by atoms with van der Waals surface area (Å²) in [5, 5.41) is 3.45. The number of hydrogen-bond acceptors (Lipinski definition) is 4. The Morgan fingerprint density at radius 1 is 1.15 bits per heavy atom. The van der Waals surface area contributed by atoms with Crippen LogP contribution in [-0.2, 0) is 6.54 Å². The molecule has 2 heterocycles.